The van der Waals surface area contributed by atoms with Crippen LogP contribution in [0.2, 0.25) is 0 Å². The van der Waals surface area contributed by atoms with Crippen LogP contribution in [0.1, 0.15) is 38.5 Å². The van der Waals surface area contributed by atoms with E-state index in [9.17, 15) is 0 Å². The Labute approximate surface area is 126 Å². The van der Waals surface area contributed by atoms with Gasteiger partial charge in [0.1, 0.15) is 0 Å². The van der Waals surface area contributed by atoms with Gasteiger partial charge in [0.15, 0.2) is 11.5 Å². The van der Waals surface area contributed by atoms with Crippen LogP contribution >= 0.6 is 0 Å². The summed E-state index contributed by atoms with van der Waals surface area (Å²) in [6.45, 7) is 1.49. The van der Waals surface area contributed by atoms with Gasteiger partial charge in [0.2, 0.25) is 0 Å². The van der Waals surface area contributed by atoms with E-state index in [1.165, 1.54) is 24.9 Å². The molecule has 2 unspecified atom stereocenters. The standard InChI is InChI=1S/C17H24N2O2/c18-12-9-13-3-1-4-14(10-12)19(13)15-5-6-16-17(11-15)21-8-2-7-20-16/h5-6,11-14H,1-4,7-10,18H2. The van der Waals surface area contributed by atoms with Gasteiger partial charge in [-0.25, -0.2) is 0 Å². The van der Waals surface area contributed by atoms with Crippen molar-refractivity contribution in [2.24, 2.45) is 5.73 Å². The van der Waals surface area contributed by atoms with Crippen LogP contribution in [0.3, 0.4) is 0 Å². The van der Waals surface area contributed by atoms with Gasteiger partial charge in [0.25, 0.3) is 0 Å². The molecule has 0 amide bonds. The van der Waals surface area contributed by atoms with Crippen LogP contribution in [0.5, 0.6) is 11.5 Å². The van der Waals surface area contributed by atoms with Crippen LogP contribution in [-0.2, 0) is 0 Å². The lowest BCUT2D eigenvalue weighted by Gasteiger charge is -2.49. The first-order chi connectivity index (χ1) is 10.3. The van der Waals surface area contributed by atoms with E-state index in [0.717, 1.165) is 44.0 Å². The molecule has 4 nitrogen and oxygen atoms in total. The lowest BCUT2D eigenvalue weighted by molar-refractivity contribution is 0.270. The number of fused-ring (bicyclic) bond motifs is 3. The average molecular weight is 288 g/mol. The van der Waals surface area contributed by atoms with E-state index >= 15 is 0 Å². The van der Waals surface area contributed by atoms with Crippen LogP contribution in [0.4, 0.5) is 5.69 Å². The Hall–Kier alpha value is -1.42. The van der Waals surface area contributed by atoms with E-state index in [4.69, 9.17) is 15.2 Å². The monoisotopic (exact) mass is 288 g/mol. The van der Waals surface area contributed by atoms with Crippen molar-refractivity contribution in [3.63, 3.8) is 0 Å². The summed E-state index contributed by atoms with van der Waals surface area (Å²) in [5.74, 6) is 1.79. The number of rotatable bonds is 1. The summed E-state index contributed by atoms with van der Waals surface area (Å²) in [6.07, 6.45) is 7.05. The van der Waals surface area contributed by atoms with Crippen LogP contribution < -0.4 is 20.1 Å². The van der Waals surface area contributed by atoms with Crippen LogP contribution in [0.25, 0.3) is 0 Å². The maximum absolute atomic E-state index is 6.23. The van der Waals surface area contributed by atoms with Crippen LogP contribution in [0.15, 0.2) is 18.2 Å². The third kappa shape index (κ3) is 2.46. The minimum absolute atomic E-state index is 0.372. The molecule has 1 aromatic carbocycles. The molecule has 4 rings (SSSR count). The third-order valence-corrected chi connectivity index (χ3v) is 5.04. The highest BCUT2D eigenvalue weighted by Crippen LogP contribution is 2.41. The molecule has 0 spiro atoms. The van der Waals surface area contributed by atoms with Crippen molar-refractivity contribution in [2.45, 2.75) is 56.7 Å². The normalized spacial score (nSPS) is 31.7. The van der Waals surface area contributed by atoms with E-state index in [-0.39, 0.29) is 0 Å². The molecule has 2 fully saturated rings. The molecule has 114 valence electrons. The lowest BCUT2D eigenvalue weighted by Crippen LogP contribution is -2.55. The first kappa shape index (κ1) is 13.3. The Kier molecular flexibility index (Phi) is 3.42. The van der Waals surface area contributed by atoms with Crippen LogP contribution in [0, 0.1) is 0 Å². The van der Waals surface area contributed by atoms with Crippen molar-refractivity contribution in [3.8, 4) is 11.5 Å². The Morgan fingerprint density at radius 1 is 0.952 bits per heavy atom. The molecule has 2 N–H and O–H groups in total. The highest BCUT2D eigenvalue weighted by Gasteiger charge is 2.37. The maximum atomic E-state index is 6.23. The summed E-state index contributed by atoms with van der Waals surface area (Å²) in [5, 5.41) is 0. The van der Waals surface area contributed by atoms with Crippen molar-refractivity contribution in [2.75, 3.05) is 18.1 Å². The zero-order valence-corrected chi connectivity index (χ0v) is 12.5. The quantitative estimate of drug-likeness (QED) is 0.863. The molecule has 0 aliphatic carbocycles. The minimum Gasteiger partial charge on any atom is -0.490 e. The zero-order valence-electron chi connectivity index (χ0n) is 12.5. The fourth-order valence-corrected chi connectivity index (χ4v) is 4.16. The molecule has 3 heterocycles. The van der Waals surface area contributed by atoms with E-state index < -0.39 is 0 Å². The minimum atomic E-state index is 0.372. The van der Waals surface area contributed by atoms with Crippen molar-refractivity contribution in [3.05, 3.63) is 18.2 Å². The van der Waals surface area contributed by atoms with Crippen molar-refractivity contribution in [1.82, 2.24) is 0 Å². The molecule has 21 heavy (non-hydrogen) atoms. The van der Waals surface area contributed by atoms with Gasteiger partial charge >= 0.3 is 0 Å². The molecule has 2 saturated heterocycles. The fraction of sp³-hybridized carbons (Fsp3) is 0.647. The smallest absolute Gasteiger partial charge is 0.163 e. The van der Waals surface area contributed by atoms with Gasteiger partial charge < -0.3 is 20.1 Å². The summed E-state index contributed by atoms with van der Waals surface area (Å²) in [4.78, 5) is 2.60. The lowest BCUT2D eigenvalue weighted by atomic mass is 9.81. The summed E-state index contributed by atoms with van der Waals surface area (Å²) >= 11 is 0. The number of piperidine rings is 2. The Morgan fingerprint density at radius 2 is 1.67 bits per heavy atom. The van der Waals surface area contributed by atoms with Gasteiger partial charge in [-0.3, -0.25) is 0 Å². The molecule has 0 saturated carbocycles. The van der Waals surface area contributed by atoms with Gasteiger partial charge in [0.05, 0.1) is 13.2 Å². The van der Waals surface area contributed by atoms with Crippen molar-refractivity contribution < 1.29 is 9.47 Å². The Balaban J connectivity index is 1.65. The fourth-order valence-electron chi connectivity index (χ4n) is 4.16. The highest BCUT2D eigenvalue weighted by molar-refractivity contribution is 5.58. The molecular formula is C17H24N2O2. The number of nitrogens with zero attached hydrogens (tertiary/aromatic N) is 1. The molecule has 0 aromatic heterocycles. The predicted molar refractivity (Wildman–Crippen MR) is 83.2 cm³/mol. The van der Waals surface area contributed by atoms with E-state index in [2.05, 4.69) is 23.1 Å². The largest absolute Gasteiger partial charge is 0.490 e. The zero-order chi connectivity index (χ0) is 14.2. The summed E-state index contributed by atoms with van der Waals surface area (Å²) < 4.78 is 11.6. The first-order valence-corrected chi connectivity index (χ1v) is 8.25. The van der Waals surface area contributed by atoms with E-state index in [0.29, 0.717) is 18.1 Å². The van der Waals surface area contributed by atoms with E-state index in [1.807, 2.05) is 0 Å². The number of hydrogen-bond donors (Lipinski definition) is 1. The van der Waals surface area contributed by atoms with Gasteiger partial charge in [-0.1, -0.05) is 0 Å². The second-order valence-electron chi connectivity index (χ2n) is 6.56. The molecule has 4 heteroatoms. The predicted octanol–water partition coefficient (Wildman–Crippen LogP) is 2.70. The summed E-state index contributed by atoms with van der Waals surface area (Å²) in [7, 11) is 0. The number of anilines is 1. The van der Waals surface area contributed by atoms with Crippen LogP contribution in [-0.4, -0.2) is 31.3 Å². The Morgan fingerprint density at radius 3 is 2.43 bits per heavy atom. The summed E-state index contributed by atoms with van der Waals surface area (Å²) in [6, 6.07) is 7.99. The first-order valence-electron chi connectivity index (χ1n) is 8.25. The second-order valence-corrected chi connectivity index (χ2v) is 6.56. The van der Waals surface area contributed by atoms with Gasteiger partial charge in [-0.05, 0) is 44.2 Å². The Bertz CT molecular complexity index is 506. The number of ether oxygens (including phenoxy) is 2. The SMILES string of the molecule is NC1CC2CCCC(C1)N2c1ccc2c(c1)OCCCO2. The molecule has 3 aliphatic rings. The number of hydrogen-bond acceptors (Lipinski definition) is 4. The van der Waals surface area contributed by atoms with E-state index in [1.54, 1.807) is 0 Å². The van der Waals surface area contributed by atoms with Gasteiger partial charge in [-0.2, -0.15) is 0 Å². The third-order valence-electron chi connectivity index (χ3n) is 5.04. The number of nitrogens with two attached hydrogens (primary N) is 1. The topological polar surface area (TPSA) is 47.7 Å². The molecule has 0 radical (unpaired) electrons. The summed E-state index contributed by atoms with van der Waals surface area (Å²) in [5.41, 5.74) is 7.50. The maximum Gasteiger partial charge on any atom is 0.163 e. The van der Waals surface area contributed by atoms with Gasteiger partial charge in [-0.15, -0.1) is 0 Å². The molecule has 3 aliphatic heterocycles. The molecular weight excluding hydrogens is 264 g/mol. The van der Waals surface area contributed by atoms with Crippen molar-refractivity contribution in [1.29, 1.82) is 0 Å². The second kappa shape index (κ2) is 5.41. The van der Waals surface area contributed by atoms with Gasteiger partial charge in [0, 0.05) is 36.3 Å². The average Bonchev–Trinajstić information content (AvgIpc) is 2.70. The molecule has 2 atom stereocenters. The van der Waals surface area contributed by atoms with Crippen molar-refractivity contribution >= 4 is 5.69 Å². The number of benzene rings is 1. The molecule has 2 bridgehead atoms. The molecule has 1 aromatic rings. The highest BCUT2D eigenvalue weighted by atomic mass is 16.5.